The Kier molecular flexibility index (Phi) is 6.88. The van der Waals surface area contributed by atoms with E-state index in [-0.39, 0.29) is 0 Å². The fourth-order valence-corrected chi connectivity index (χ4v) is 3.03. The number of hydrogen-bond donors (Lipinski definition) is 1. The largest absolute Gasteiger partial charge is 0.338 e. The second-order valence-electron chi connectivity index (χ2n) is 4.46. The van der Waals surface area contributed by atoms with Crippen molar-refractivity contribution in [2.75, 3.05) is 24.6 Å². The second kappa shape index (κ2) is 7.96. The van der Waals surface area contributed by atoms with Crippen LogP contribution in [0.3, 0.4) is 0 Å². The van der Waals surface area contributed by atoms with E-state index in [0.29, 0.717) is 11.9 Å². The van der Waals surface area contributed by atoms with E-state index in [1.165, 1.54) is 0 Å². The van der Waals surface area contributed by atoms with E-state index < -0.39 is 0 Å². The minimum Gasteiger partial charge on any atom is -0.338 e. The van der Waals surface area contributed by atoms with Gasteiger partial charge < -0.3 is 10.6 Å². The average Bonchev–Trinajstić information content (AvgIpc) is 2.29. The molecule has 3 nitrogen and oxygen atoms in total. The lowest BCUT2D eigenvalue weighted by Crippen LogP contribution is -2.44. The summed E-state index contributed by atoms with van der Waals surface area (Å²) >= 11 is 1.95. The van der Waals surface area contributed by atoms with Crippen molar-refractivity contribution in [3.05, 3.63) is 0 Å². The highest BCUT2D eigenvalue weighted by molar-refractivity contribution is 7.99. The molecule has 0 radical (unpaired) electrons. The Balaban J connectivity index is 2.13. The Labute approximate surface area is 103 Å². The van der Waals surface area contributed by atoms with Crippen molar-refractivity contribution in [2.24, 2.45) is 5.73 Å². The Hall–Kier alpha value is -0.220. The molecule has 0 aromatic carbocycles. The van der Waals surface area contributed by atoms with Crippen molar-refractivity contribution < 1.29 is 4.79 Å². The minimum atomic E-state index is 0.348. The summed E-state index contributed by atoms with van der Waals surface area (Å²) in [4.78, 5) is 14.0. The van der Waals surface area contributed by atoms with Gasteiger partial charge in [0, 0.05) is 30.5 Å². The number of nitrogens with two attached hydrogens (primary N) is 1. The van der Waals surface area contributed by atoms with Crippen LogP contribution in [0.25, 0.3) is 0 Å². The van der Waals surface area contributed by atoms with Gasteiger partial charge >= 0.3 is 0 Å². The third kappa shape index (κ3) is 4.74. The van der Waals surface area contributed by atoms with E-state index in [9.17, 15) is 4.79 Å². The van der Waals surface area contributed by atoms with Crippen LogP contribution in [-0.2, 0) is 4.79 Å². The van der Waals surface area contributed by atoms with E-state index in [4.69, 9.17) is 5.73 Å². The van der Waals surface area contributed by atoms with E-state index in [2.05, 4.69) is 11.8 Å². The third-order valence-corrected chi connectivity index (χ3v) is 4.22. The van der Waals surface area contributed by atoms with Crippen molar-refractivity contribution in [2.45, 2.75) is 45.1 Å². The highest BCUT2D eigenvalue weighted by Gasteiger charge is 2.22. The Morgan fingerprint density at radius 3 is 2.81 bits per heavy atom. The summed E-state index contributed by atoms with van der Waals surface area (Å²) in [6, 6.07) is 0.426. The summed E-state index contributed by atoms with van der Waals surface area (Å²) in [6.07, 6.45) is 5.13. The highest BCUT2D eigenvalue weighted by Crippen LogP contribution is 2.17. The Morgan fingerprint density at radius 1 is 1.38 bits per heavy atom. The summed E-state index contributed by atoms with van der Waals surface area (Å²) in [7, 11) is 0. The predicted octanol–water partition coefficient (Wildman–Crippen LogP) is 1.86. The molecule has 4 heteroatoms. The Morgan fingerprint density at radius 2 is 2.12 bits per heavy atom. The standard InChI is InChI=1S/C12H24N2OS/c1-11-10-16-9-8-14(11)12(15)6-4-2-3-5-7-13/h11H,2-10,13H2,1H3. The molecule has 1 heterocycles. The van der Waals surface area contributed by atoms with Crippen LogP contribution in [0.15, 0.2) is 0 Å². The molecule has 94 valence electrons. The summed E-state index contributed by atoms with van der Waals surface area (Å²) in [6.45, 7) is 3.86. The zero-order valence-corrected chi connectivity index (χ0v) is 11.1. The Bertz CT molecular complexity index is 211. The van der Waals surface area contributed by atoms with Gasteiger partial charge in [-0.3, -0.25) is 4.79 Å². The quantitative estimate of drug-likeness (QED) is 0.725. The molecule has 2 N–H and O–H groups in total. The molecule has 0 bridgehead atoms. The van der Waals surface area contributed by atoms with Crippen molar-refractivity contribution in [1.82, 2.24) is 4.90 Å². The summed E-state index contributed by atoms with van der Waals surface area (Å²) in [5.41, 5.74) is 5.43. The molecule has 1 saturated heterocycles. The smallest absolute Gasteiger partial charge is 0.222 e. The molecule has 1 unspecified atom stereocenters. The van der Waals surface area contributed by atoms with Crippen LogP contribution >= 0.6 is 11.8 Å². The SMILES string of the molecule is CC1CSCCN1C(=O)CCCCCCN. The fraction of sp³-hybridized carbons (Fsp3) is 0.917. The number of nitrogens with zero attached hydrogens (tertiary/aromatic N) is 1. The van der Waals surface area contributed by atoms with E-state index >= 15 is 0 Å². The first kappa shape index (κ1) is 13.8. The monoisotopic (exact) mass is 244 g/mol. The van der Waals surface area contributed by atoms with Crippen LogP contribution < -0.4 is 5.73 Å². The zero-order valence-electron chi connectivity index (χ0n) is 10.3. The number of amides is 1. The lowest BCUT2D eigenvalue weighted by molar-refractivity contribution is -0.132. The van der Waals surface area contributed by atoms with E-state index in [1.54, 1.807) is 0 Å². The molecule has 0 saturated carbocycles. The maximum Gasteiger partial charge on any atom is 0.222 e. The fourth-order valence-electron chi connectivity index (χ4n) is 2.02. The van der Waals surface area contributed by atoms with Gasteiger partial charge in [0.2, 0.25) is 5.91 Å². The van der Waals surface area contributed by atoms with E-state index in [0.717, 1.165) is 56.7 Å². The average molecular weight is 244 g/mol. The first-order valence-corrected chi connectivity index (χ1v) is 7.48. The predicted molar refractivity (Wildman–Crippen MR) is 70.6 cm³/mol. The molecule has 1 aliphatic rings. The van der Waals surface area contributed by atoms with Crippen LogP contribution in [-0.4, -0.2) is 41.4 Å². The number of carbonyl (C=O) groups is 1. The van der Waals surface area contributed by atoms with Crippen LogP contribution in [0.5, 0.6) is 0 Å². The van der Waals surface area contributed by atoms with Crippen molar-refractivity contribution >= 4 is 17.7 Å². The van der Waals surface area contributed by atoms with Gasteiger partial charge in [0.1, 0.15) is 0 Å². The highest BCUT2D eigenvalue weighted by atomic mass is 32.2. The van der Waals surface area contributed by atoms with Crippen LogP contribution in [0.4, 0.5) is 0 Å². The number of carbonyl (C=O) groups excluding carboxylic acids is 1. The summed E-state index contributed by atoms with van der Waals surface area (Å²) in [5.74, 6) is 2.54. The topological polar surface area (TPSA) is 46.3 Å². The van der Waals surface area contributed by atoms with Gasteiger partial charge in [-0.2, -0.15) is 11.8 Å². The number of unbranched alkanes of at least 4 members (excludes halogenated alkanes) is 3. The second-order valence-corrected chi connectivity index (χ2v) is 5.61. The first-order chi connectivity index (χ1) is 7.75. The molecule has 1 amide bonds. The normalized spacial score (nSPS) is 21.1. The van der Waals surface area contributed by atoms with Gasteiger partial charge in [-0.15, -0.1) is 0 Å². The molecule has 16 heavy (non-hydrogen) atoms. The number of rotatable bonds is 6. The van der Waals surface area contributed by atoms with Crippen molar-refractivity contribution in [3.8, 4) is 0 Å². The van der Waals surface area contributed by atoms with Gasteiger partial charge in [0.25, 0.3) is 0 Å². The molecule has 0 spiro atoms. The lowest BCUT2D eigenvalue weighted by atomic mass is 10.1. The molecule has 0 aliphatic carbocycles. The molecule has 0 aromatic rings. The minimum absolute atomic E-state index is 0.348. The maximum absolute atomic E-state index is 11.9. The zero-order chi connectivity index (χ0) is 11.8. The van der Waals surface area contributed by atoms with Crippen molar-refractivity contribution in [1.29, 1.82) is 0 Å². The van der Waals surface area contributed by atoms with Crippen molar-refractivity contribution in [3.63, 3.8) is 0 Å². The van der Waals surface area contributed by atoms with Gasteiger partial charge in [-0.05, 0) is 26.3 Å². The number of hydrogen-bond acceptors (Lipinski definition) is 3. The van der Waals surface area contributed by atoms with Gasteiger partial charge in [0.05, 0.1) is 0 Å². The molecule has 1 fully saturated rings. The van der Waals surface area contributed by atoms with Gasteiger partial charge in [0.15, 0.2) is 0 Å². The number of thioether (sulfide) groups is 1. The molecule has 1 atom stereocenters. The first-order valence-electron chi connectivity index (χ1n) is 6.33. The van der Waals surface area contributed by atoms with E-state index in [1.807, 2.05) is 11.8 Å². The molecule has 1 rings (SSSR count). The van der Waals surface area contributed by atoms with Gasteiger partial charge in [-0.25, -0.2) is 0 Å². The lowest BCUT2D eigenvalue weighted by Gasteiger charge is -2.33. The molecule has 1 aliphatic heterocycles. The molecular formula is C12H24N2OS. The molecular weight excluding hydrogens is 220 g/mol. The van der Waals surface area contributed by atoms with Crippen LogP contribution in [0.1, 0.15) is 39.0 Å². The maximum atomic E-state index is 11.9. The van der Waals surface area contributed by atoms with Crippen LogP contribution in [0, 0.1) is 0 Å². The summed E-state index contributed by atoms with van der Waals surface area (Å²) in [5, 5.41) is 0. The molecule has 0 aromatic heterocycles. The third-order valence-electron chi connectivity index (χ3n) is 3.03. The van der Waals surface area contributed by atoms with Gasteiger partial charge in [-0.1, -0.05) is 12.8 Å². The summed E-state index contributed by atoms with van der Waals surface area (Å²) < 4.78 is 0. The van der Waals surface area contributed by atoms with Crippen LogP contribution in [0.2, 0.25) is 0 Å².